The van der Waals surface area contributed by atoms with Gasteiger partial charge in [0.1, 0.15) is 0 Å². The summed E-state index contributed by atoms with van der Waals surface area (Å²) in [6.07, 6.45) is 0.0837. The van der Waals surface area contributed by atoms with Gasteiger partial charge in [0.2, 0.25) is 11.7 Å². The van der Waals surface area contributed by atoms with Gasteiger partial charge < -0.3 is 14.6 Å². The monoisotopic (exact) mass is 365 g/mol. The molecule has 1 N–H and O–H groups in total. The molecule has 0 unspecified atom stereocenters. The van der Waals surface area contributed by atoms with Crippen LogP contribution in [0, 0.1) is 6.92 Å². The van der Waals surface area contributed by atoms with Crippen molar-refractivity contribution in [1.82, 2.24) is 10.1 Å². The molecular weight excluding hydrogens is 346 g/mol. The zero-order valence-electron chi connectivity index (χ0n) is 15.1. The van der Waals surface area contributed by atoms with E-state index >= 15 is 0 Å². The summed E-state index contributed by atoms with van der Waals surface area (Å²) in [5.41, 5.74) is 3.22. The maximum Gasteiger partial charge on any atom is 0.306 e. The van der Waals surface area contributed by atoms with Gasteiger partial charge in [0.25, 0.3) is 5.89 Å². The van der Waals surface area contributed by atoms with Gasteiger partial charge >= 0.3 is 5.97 Å². The van der Waals surface area contributed by atoms with Gasteiger partial charge in [-0.3, -0.25) is 9.59 Å². The number of nitrogens with one attached hydrogen (secondary N) is 1. The fourth-order valence-corrected chi connectivity index (χ4v) is 2.55. The number of carbonyl (C=O) groups excluding carboxylic acids is 2. The molecule has 0 radical (unpaired) electrons. The van der Waals surface area contributed by atoms with Gasteiger partial charge in [0.15, 0.2) is 0 Å². The minimum atomic E-state index is -0.423. The van der Waals surface area contributed by atoms with Crippen LogP contribution in [0.1, 0.15) is 18.4 Å². The number of aromatic nitrogens is 2. The van der Waals surface area contributed by atoms with Crippen molar-refractivity contribution in [2.45, 2.75) is 19.8 Å². The van der Waals surface area contributed by atoms with Crippen LogP contribution < -0.4 is 5.32 Å². The van der Waals surface area contributed by atoms with Crippen LogP contribution in [0.3, 0.4) is 0 Å². The highest BCUT2D eigenvalue weighted by molar-refractivity contribution is 5.93. The Kier molecular flexibility index (Phi) is 5.61. The maximum absolute atomic E-state index is 11.9. The number of amides is 1. The molecule has 1 amide bonds. The quantitative estimate of drug-likeness (QED) is 0.671. The molecule has 0 aliphatic rings. The number of nitrogens with zero attached hydrogens (tertiary/aromatic N) is 2. The van der Waals surface area contributed by atoms with Gasteiger partial charge in [0, 0.05) is 23.2 Å². The minimum absolute atomic E-state index is 0.0332. The van der Waals surface area contributed by atoms with Crippen molar-refractivity contribution in [3.8, 4) is 22.8 Å². The van der Waals surface area contributed by atoms with E-state index in [4.69, 9.17) is 4.52 Å². The van der Waals surface area contributed by atoms with Crippen molar-refractivity contribution in [1.29, 1.82) is 0 Å². The fraction of sp³-hybridized carbons (Fsp3) is 0.200. The fourth-order valence-electron chi connectivity index (χ4n) is 2.55. The van der Waals surface area contributed by atoms with Crippen LogP contribution in [0.4, 0.5) is 5.69 Å². The molecule has 0 saturated carbocycles. The van der Waals surface area contributed by atoms with Crippen molar-refractivity contribution in [3.05, 3.63) is 54.1 Å². The van der Waals surface area contributed by atoms with E-state index < -0.39 is 5.97 Å². The Morgan fingerprint density at radius 3 is 2.70 bits per heavy atom. The molecule has 27 heavy (non-hydrogen) atoms. The van der Waals surface area contributed by atoms with Crippen LogP contribution >= 0.6 is 0 Å². The molecular formula is C20H19N3O4. The van der Waals surface area contributed by atoms with E-state index in [0.29, 0.717) is 23.0 Å². The zero-order chi connectivity index (χ0) is 19.2. The molecule has 0 bridgehead atoms. The molecule has 0 fully saturated rings. The number of esters is 1. The summed E-state index contributed by atoms with van der Waals surface area (Å²) in [6.45, 7) is 1.98. The summed E-state index contributed by atoms with van der Waals surface area (Å²) in [6, 6.07) is 14.9. The minimum Gasteiger partial charge on any atom is -0.469 e. The molecule has 1 heterocycles. The van der Waals surface area contributed by atoms with Crippen LogP contribution in [0.25, 0.3) is 22.8 Å². The van der Waals surface area contributed by atoms with Crippen molar-refractivity contribution in [3.63, 3.8) is 0 Å². The first kappa shape index (κ1) is 18.3. The van der Waals surface area contributed by atoms with Gasteiger partial charge in [-0.25, -0.2) is 0 Å². The van der Waals surface area contributed by atoms with Crippen LogP contribution in [-0.4, -0.2) is 29.1 Å². The standard InChI is InChI=1S/C20H19N3O4/c1-13-6-3-4-9-16(13)19-22-20(27-23-19)14-7-5-8-15(12-14)21-17(24)10-11-18(25)26-2/h3-9,12H,10-11H2,1-2H3,(H,21,24). The zero-order valence-corrected chi connectivity index (χ0v) is 15.1. The molecule has 0 atom stereocenters. The molecule has 2 aromatic carbocycles. The number of carbonyl (C=O) groups is 2. The Morgan fingerprint density at radius 1 is 1.11 bits per heavy atom. The summed E-state index contributed by atoms with van der Waals surface area (Å²) >= 11 is 0. The van der Waals surface area contributed by atoms with E-state index in [1.54, 1.807) is 18.2 Å². The Bertz CT molecular complexity index is 965. The number of ether oxygens (including phenoxy) is 1. The van der Waals surface area contributed by atoms with Gasteiger partial charge in [0.05, 0.1) is 13.5 Å². The van der Waals surface area contributed by atoms with Crippen LogP contribution in [0.15, 0.2) is 53.1 Å². The lowest BCUT2D eigenvalue weighted by Gasteiger charge is -2.05. The normalized spacial score (nSPS) is 10.4. The Hall–Kier alpha value is -3.48. The third kappa shape index (κ3) is 4.58. The summed E-state index contributed by atoms with van der Waals surface area (Å²) in [5, 5.41) is 6.79. The van der Waals surface area contributed by atoms with E-state index in [2.05, 4.69) is 20.2 Å². The average Bonchev–Trinajstić information content (AvgIpc) is 3.16. The van der Waals surface area contributed by atoms with Gasteiger partial charge in [-0.15, -0.1) is 0 Å². The highest BCUT2D eigenvalue weighted by Crippen LogP contribution is 2.26. The number of hydrogen-bond donors (Lipinski definition) is 1. The van der Waals surface area contributed by atoms with E-state index in [1.807, 2.05) is 37.3 Å². The number of anilines is 1. The summed E-state index contributed by atoms with van der Waals surface area (Å²) < 4.78 is 9.91. The predicted octanol–water partition coefficient (Wildman–Crippen LogP) is 3.60. The molecule has 3 rings (SSSR count). The largest absolute Gasteiger partial charge is 0.469 e. The number of rotatable bonds is 6. The first-order valence-electron chi connectivity index (χ1n) is 8.43. The smallest absolute Gasteiger partial charge is 0.306 e. The van der Waals surface area contributed by atoms with Gasteiger partial charge in [-0.1, -0.05) is 35.5 Å². The Morgan fingerprint density at radius 2 is 1.93 bits per heavy atom. The van der Waals surface area contributed by atoms with E-state index in [0.717, 1.165) is 11.1 Å². The lowest BCUT2D eigenvalue weighted by atomic mass is 10.1. The number of hydrogen-bond acceptors (Lipinski definition) is 6. The van der Waals surface area contributed by atoms with E-state index in [-0.39, 0.29) is 18.7 Å². The second kappa shape index (κ2) is 8.27. The molecule has 0 aliphatic heterocycles. The van der Waals surface area contributed by atoms with Crippen molar-refractivity contribution in [2.75, 3.05) is 12.4 Å². The lowest BCUT2D eigenvalue weighted by molar-refractivity contribution is -0.141. The van der Waals surface area contributed by atoms with Crippen LogP contribution in [-0.2, 0) is 14.3 Å². The second-order valence-electron chi connectivity index (χ2n) is 5.94. The van der Waals surface area contributed by atoms with Crippen molar-refractivity contribution < 1.29 is 18.8 Å². The summed E-state index contributed by atoms with van der Waals surface area (Å²) in [4.78, 5) is 27.5. The first-order valence-corrected chi connectivity index (χ1v) is 8.43. The second-order valence-corrected chi connectivity index (χ2v) is 5.94. The van der Waals surface area contributed by atoms with Crippen molar-refractivity contribution >= 4 is 17.6 Å². The highest BCUT2D eigenvalue weighted by atomic mass is 16.5. The molecule has 0 aliphatic carbocycles. The van der Waals surface area contributed by atoms with Crippen molar-refractivity contribution in [2.24, 2.45) is 0 Å². The highest BCUT2D eigenvalue weighted by Gasteiger charge is 2.13. The molecule has 0 spiro atoms. The van der Waals surface area contributed by atoms with Crippen LogP contribution in [0.5, 0.6) is 0 Å². The Labute approximate surface area is 156 Å². The molecule has 138 valence electrons. The SMILES string of the molecule is COC(=O)CCC(=O)Nc1cccc(-c2nc(-c3ccccc3C)no2)c1. The lowest BCUT2D eigenvalue weighted by Crippen LogP contribution is -2.13. The van der Waals surface area contributed by atoms with Crippen LogP contribution in [0.2, 0.25) is 0 Å². The molecule has 3 aromatic rings. The molecule has 7 nitrogen and oxygen atoms in total. The Balaban J connectivity index is 1.74. The van der Waals surface area contributed by atoms with Gasteiger partial charge in [-0.05, 0) is 30.7 Å². The maximum atomic E-state index is 11.9. The van der Waals surface area contributed by atoms with E-state index in [1.165, 1.54) is 7.11 Å². The number of methoxy groups -OCH3 is 1. The number of aryl methyl sites for hydroxylation is 1. The summed E-state index contributed by atoms with van der Waals surface area (Å²) in [7, 11) is 1.29. The van der Waals surface area contributed by atoms with Gasteiger partial charge in [-0.2, -0.15) is 4.98 Å². The first-order chi connectivity index (χ1) is 13.1. The third-order valence-corrected chi connectivity index (χ3v) is 3.99. The predicted molar refractivity (Wildman–Crippen MR) is 99.8 cm³/mol. The topological polar surface area (TPSA) is 94.3 Å². The number of benzene rings is 2. The molecule has 0 saturated heterocycles. The molecule has 1 aromatic heterocycles. The third-order valence-electron chi connectivity index (χ3n) is 3.99. The average molecular weight is 365 g/mol. The summed E-state index contributed by atoms with van der Waals surface area (Å²) in [5.74, 6) is 0.173. The van der Waals surface area contributed by atoms with E-state index in [9.17, 15) is 9.59 Å². The molecule has 7 heteroatoms.